The number of rotatable bonds is 7. The van der Waals surface area contributed by atoms with Crippen molar-refractivity contribution in [1.82, 2.24) is 5.32 Å². The molecule has 0 fully saturated rings. The number of carbonyl (C=O) groups is 2. The smallest absolute Gasteiger partial charge is 0.375 e. The number of ether oxygens (including phenoxy) is 2. The molecule has 1 aromatic heterocycles. The van der Waals surface area contributed by atoms with Gasteiger partial charge in [-0.2, -0.15) is 0 Å². The number of furan rings is 1. The van der Waals surface area contributed by atoms with Gasteiger partial charge in [0.05, 0.1) is 12.9 Å². The van der Waals surface area contributed by atoms with Gasteiger partial charge in [0.1, 0.15) is 5.82 Å². The Labute approximate surface area is 132 Å². The van der Waals surface area contributed by atoms with Gasteiger partial charge >= 0.3 is 5.97 Å². The second kappa shape index (κ2) is 8.09. The number of benzene rings is 1. The summed E-state index contributed by atoms with van der Waals surface area (Å²) in [5.41, 5.74) is -0.0395. The zero-order valence-electron chi connectivity index (χ0n) is 12.5. The average molecular weight is 321 g/mol. The predicted octanol–water partition coefficient (Wildman–Crippen LogP) is 2.08. The maximum Gasteiger partial charge on any atom is 0.375 e. The van der Waals surface area contributed by atoms with Crippen molar-refractivity contribution in [3.05, 3.63) is 59.8 Å². The third kappa shape index (κ3) is 4.40. The molecular weight excluding hydrogens is 305 g/mol. The molecule has 1 aromatic carbocycles. The van der Waals surface area contributed by atoms with Gasteiger partial charge in [0, 0.05) is 19.2 Å². The second-order valence-corrected chi connectivity index (χ2v) is 4.57. The van der Waals surface area contributed by atoms with Crippen molar-refractivity contribution >= 4 is 11.9 Å². The van der Waals surface area contributed by atoms with Crippen LogP contribution in [0.3, 0.4) is 0 Å². The van der Waals surface area contributed by atoms with Gasteiger partial charge in [0.2, 0.25) is 11.9 Å². The standard InChI is InChI=1S/C16H16FNO5/c1-21-10-8-18-15(19)14(11-5-2-3-6-12(11)17)23-16(20)13-7-4-9-22-13/h2-7,9,14H,8,10H2,1H3,(H,18,19). The van der Waals surface area contributed by atoms with Crippen LogP contribution in [0, 0.1) is 5.82 Å². The van der Waals surface area contributed by atoms with Crippen molar-refractivity contribution in [2.45, 2.75) is 6.10 Å². The number of hydrogen-bond donors (Lipinski definition) is 1. The molecule has 0 aliphatic heterocycles. The second-order valence-electron chi connectivity index (χ2n) is 4.57. The molecule has 1 heterocycles. The number of hydrogen-bond acceptors (Lipinski definition) is 5. The summed E-state index contributed by atoms with van der Waals surface area (Å²) in [6.07, 6.45) is -0.126. The molecule has 2 aromatic rings. The molecule has 0 saturated heterocycles. The van der Waals surface area contributed by atoms with E-state index in [0.29, 0.717) is 0 Å². The number of amides is 1. The van der Waals surface area contributed by atoms with E-state index in [1.54, 1.807) is 6.07 Å². The monoisotopic (exact) mass is 321 g/mol. The first-order valence-corrected chi connectivity index (χ1v) is 6.89. The van der Waals surface area contributed by atoms with E-state index in [0.717, 1.165) is 0 Å². The van der Waals surface area contributed by atoms with Crippen LogP contribution >= 0.6 is 0 Å². The number of carbonyl (C=O) groups excluding carboxylic acids is 2. The maximum atomic E-state index is 14.0. The molecule has 1 atom stereocenters. The van der Waals surface area contributed by atoms with Gasteiger partial charge in [-0.3, -0.25) is 4.79 Å². The Morgan fingerprint density at radius 3 is 2.70 bits per heavy atom. The summed E-state index contributed by atoms with van der Waals surface area (Å²) in [4.78, 5) is 24.2. The summed E-state index contributed by atoms with van der Waals surface area (Å²) in [6.45, 7) is 0.487. The van der Waals surface area contributed by atoms with Crippen LogP contribution in [0.5, 0.6) is 0 Å². The van der Waals surface area contributed by atoms with E-state index in [2.05, 4.69) is 5.32 Å². The Kier molecular flexibility index (Phi) is 5.87. The van der Waals surface area contributed by atoms with Crippen LogP contribution in [0.4, 0.5) is 4.39 Å². The quantitative estimate of drug-likeness (QED) is 0.624. The number of esters is 1. The Morgan fingerprint density at radius 1 is 1.26 bits per heavy atom. The summed E-state index contributed by atoms with van der Waals surface area (Å²) in [5, 5.41) is 2.52. The van der Waals surface area contributed by atoms with E-state index in [1.807, 2.05) is 0 Å². The Balaban J connectivity index is 2.19. The fraction of sp³-hybridized carbons (Fsp3) is 0.250. The van der Waals surface area contributed by atoms with Crippen LogP contribution in [0.2, 0.25) is 0 Å². The molecule has 0 saturated carbocycles. The van der Waals surface area contributed by atoms with Gasteiger partial charge in [-0.25, -0.2) is 9.18 Å². The summed E-state index contributed by atoms with van der Waals surface area (Å²) in [6, 6.07) is 8.50. The zero-order valence-corrected chi connectivity index (χ0v) is 12.5. The van der Waals surface area contributed by atoms with Crippen molar-refractivity contribution in [3.63, 3.8) is 0 Å². The minimum absolute atomic E-state index is 0.0395. The van der Waals surface area contributed by atoms with E-state index in [9.17, 15) is 14.0 Å². The third-order valence-corrected chi connectivity index (χ3v) is 2.98. The van der Waals surface area contributed by atoms with Crippen molar-refractivity contribution < 1.29 is 27.9 Å². The highest BCUT2D eigenvalue weighted by Crippen LogP contribution is 2.22. The highest BCUT2D eigenvalue weighted by molar-refractivity contribution is 5.90. The summed E-state index contributed by atoms with van der Waals surface area (Å²) < 4.78 is 28.8. The molecule has 0 spiro atoms. The zero-order chi connectivity index (χ0) is 16.7. The van der Waals surface area contributed by atoms with E-state index >= 15 is 0 Å². The number of methoxy groups -OCH3 is 1. The molecule has 0 radical (unpaired) electrons. The van der Waals surface area contributed by atoms with E-state index in [4.69, 9.17) is 13.9 Å². The molecule has 122 valence electrons. The first-order chi connectivity index (χ1) is 11.1. The molecule has 23 heavy (non-hydrogen) atoms. The SMILES string of the molecule is COCCNC(=O)C(OC(=O)c1ccco1)c1ccccc1F. The minimum Gasteiger partial charge on any atom is -0.457 e. The van der Waals surface area contributed by atoms with Gasteiger partial charge in [-0.1, -0.05) is 18.2 Å². The van der Waals surface area contributed by atoms with Gasteiger partial charge in [-0.05, 0) is 18.2 Å². The van der Waals surface area contributed by atoms with Crippen molar-refractivity contribution in [3.8, 4) is 0 Å². The maximum absolute atomic E-state index is 14.0. The summed E-state index contributed by atoms with van der Waals surface area (Å²) in [7, 11) is 1.48. The van der Waals surface area contributed by atoms with E-state index in [-0.39, 0.29) is 24.5 Å². The Hall–Kier alpha value is -2.67. The average Bonchev–Trinajstić information content (AvgIpc) is 3.08. The lowest BCUT2D eigenvalue weighted by molar-refractivity contribution is -0.130. The van der Waals surface area contributed by atoms with Crippen LogP contribution in [-0.2, 0) is 14.3 Å². The van der Waals surface area contributed by atoms with Crippen molar-refractivity contribution in [2.24, 2.45) is 0 Å². The highest BCUT2D eigenvalue weighted by Gasteiger charge is 2.28. The largest absolute Gasteiger partial charge is 0.457 e. The topological polar surface area (TPSA) is 77.8 Å². The van der Waals surface area contributed by atoms with Crippen LogP contribution in [0.15, 0.2) is 47.1 Å². The number of nitrogens with one attached hydrogen (secondary N) is 1. The predicted molar refractivity (Wildman–Crippen MR) is 78.2 cm³/mol. The van der Waals surface area contributed by atoms with Crippen LogP contribution in [0.25, 0.3) is 0 Å². The lowest BCUT2D eigenvalue weighted by Crippen LogP contribution is -2.34. The Bertz CT molecular complexity index is 656. The van der Waals surface area contributed by atoms with Crippen molar-refractivity contribution in [2.75, 3.05) is 20.3 Å². The molecule has 7 heteroatoms. The number of halogens is 1. The third-order valence-electron chi connectivity index (χ3n) is 2.98. The molecule has 0 bridgehead atoms. The molecule has 0 aliphatic rings. The molecule has 1 amide bonds. The van der Waals surface area contributed by atoms with Crippen LogP contribution in [0.1, 0.15) is 22.2 Å². The summed E-state index contributed by atoms with van der Waals surface area (Å²) >= 11 is 0. The van der Waals surface area contributed by atoms with Crippen molar-refractivity contribution in [1.29, 1.82) is 0 Å². The minimum atomic E-state index is -1.43. The first-order valence-electron chi connectivity index (χ1n) is 6.89. The van der Waals surface area contributed by atoms with Crippen LogP contribution in [-0.4, -0.2) is 32.1 Å². The van der Waals surface area contributed by atoms with E-state index < -0.39 is 23.8 Å². The highest BCUT2D eigenvalue weighted by atomic mass is 19.1. The molecule has 1 N–H and O–H groups in total. The lowest BCUT2D eigenvalue weighted by Gasteiger charge is -2.18. The van der Waals surface area contributed by atoms with Crippen LogP contribution < -0.4 is 5.32 Å². The fourth-order valence-corrected chi connectivity index (χ4v) is 1.87. The molecule has 1 unspecified atom stereocenters. The van der Waals surface area contributed by atoms with Gasteiger partial charge in [-0.15, -0.1) is 0 Å². The van der Waals surface area contributed by atoms with E-state index in [1.165, 1.54) is 43.7 Å². The van der Waals surface area contributed by atoms with Gasteiger partial charge in [0.15, 0.2) is 0 Å². The molecule has 2 rings (SSSR count). The summed E-state index contributed by atoms with van der Waals surface area (Å²) in [5.74, 6) is -2.22. The van der Waals surface area contributed by atoms with Gasteiger partial charge in [0.25, 0.3) is 5.91 Å². The lowest BCUT2D eigenvalue weighted by atomic mass is 10.1. The first kappa shape index (κ1) is 16.7. The normalized spacial score (nSPS) is 11.7. The fourth-order valence-electron chi connectivity index (χ4n) is 1.87. The molecular formula is C16H16FNO5. The molecule has 6 nitrogen and oxygen atoms in total. The Morgan fingerprint density at radius 2 is 2.04 bits per heavy atom. The molecule has 0 aliphatic carbocycles. The van der Waals surface area contributed by atoms with Gasteiger partial charge < -0.3 is 19.2 Å².